The predicted molar refractivity (Wildman–Crippen MR) is 103 cm³/mol. The molecule has 0 spiro atoms. The van der Waals surface area contributed by atoms with Crippen LogP contribution in [0.1, 0.15) is 52.7 Å². The number of carbonyl (C=O) groups is 2. The van der Waals surface area contributed by atoms with E-state index in [1.807, 2.05) is 59.7 Å². The summed E-state index contributed by atoms with van der Waals surface area (Å²) in [5.74, 6) is 0.469. The highest BCUT2D eigenvalue weighted by Crippen LogP contribution is 2.31. The van der Waals surface area contributed by atoms with E-state index in [4.69, 9.17) is 14.2 Å². The summed E-state index contributed by atoms with van der Waals surface area (Å²) in [5, 5.41) is 2.82. The van der Waals surface area contributed by atoms with Crippen LogP contribution < -0.4 is 10.1 Å². The van der Waals surface area contributed by atoms with E-state index in [0.717, 1.165) is 16.9 Å². The van der Waals surface area contributed by atoms with Crippen molar-refractivity contribution < 1.29 is 23.8 Å². The zero-order valence-corrected chi connectivity index (χ0v) is 17.2. The van der Waals surface area contributed by atoms with Crippen LogP contribution in [0.15, 0.2) is 18.2 Å². The minimum atomic E-state index is -0.588. The number of fused-ring (bicyclic) bond motifs is 1. The molecule has 0 bridgehead atoms. The van der Waals surface area contributed by atoms with Gasteiger partial charge in [0.2, 0.25) is 0 Å². The average molecular weight is 377 g/mol. The molecular weight excluding hydrogens is 346 g/mol. The standard InChI is InChI=1S/C21H31NO5/c1-7-25-18(23)16-10-14-8-9-17(12-15(14)11-16)26-13-21(5,6)22-19(24)27-20(2,3)4/h8-9,12,16H,7,10-11,13H2,1-6H3,(H,22,24). The van der Waals surface area contributed by atoms with E-state index in [9.17, 15) is 9.59 Å². The Bertz CT molecular complexity index is 690. The largest absolute Gasteiger partial charge is 0.491 e. The van der Waals surface area contributed by atoms with E-state index in [2.05, 4.69) is 5.32 Å². The first-order valence-corrected chi connectivity index (χ1v) is 9.41. The molecule has 27 heavy (non-hydrogen) atoms. The number of amides is 1. The number of ether oxygens (including phenoxy) is 3. The number of alkyl carbamates (subject to hydrolysis) is 1. The summed E-state index contributed by atoms with van der Waals surface area (Å²) in [6, 6.07) is 5.87. The van der Waals surface area contributed by atoms with Crippen LogP contribution >= 0.6 is 0 Å². The van der Waals surface area contributed by atoms with Crippen molar-refractivity contribution in [1.82, 2.24) is 5.32 Å². The molecule has 0 heterocycles. The zero-order valence-electron chi connectivity index (χ0n) is 17.2. The Kier molecular flexibility index (Phi) is 6.39. The number of benzene rings is 1. The lowest BCUT2D eigenvalue weighted by atomic mass is 10.1. The molecule has 1 aromatic carbocycles. The van der Waals surface area contributed by atoms with E-state index in [-0.39, 0.29) is 11.9 Å². The Hall–Kier alpha value is -2.24. The molecule has 1 N–H and O–H groups in total. The lowest BCUT2D eigenvalue weighted by molar-refractivity contribution is -0.147. The van der Waals surface area contributed by atoms with Crippen molar-refractivity contribution >= 4 is 12.1 Å². The van der Waals surface area contributed by atoms with Gasteiger partial charge in [-0.15, -0.1) is 0 Å². The van der Waals surface area contributed by atoms with Gasteiger partial charge in [-0.3, -0.25) is 4.79 Å². The SMILES string of the molecule is CCOC(=O)C1Cc2ccc(OCC(C)(C)NC(=O)OC(C)(C)C)cc2C1. The molecular formula is C21H31NO5. The Morgan fingerprint density at radius 2 is 1.78 bits per heavy atom. The van der Waals surface area contributed by atoms with Crippen molar-refractivity contribution in [3.05, 3.63) is 29.3 Å². The van der Waals surface area contributed by atoms with Crippen LogP contribution in [0.3, 0.4) is 0 Å². The maximum absolute atomic E-state index is 12.0. The topological polar surface area (TPSA) is 73.9 Å². The molecule has 1 atom stereocenters. The summed E-state index contributed by atoms with van der Waals surface area (Å²) >= 11 is 0. The maximum Gasteiger partial charge on any atom is 0.408 e. The van der Waals surface area contributed by atoms with Crippen LogP contribution in [0.2, 0.25) is 0 Å². The van der Waals surface area contributed by atoms with Crippen LogP contribution in [-0.4, -0.2) is 36.4 Å². The third-order valence-corrected chi connectivity index (χ3v) is 4.17. The molecule has 1 aliphatic carbocycles. The van der Waals surface area contributed by atoms with Gasteiger partial charge in [0.25, 0.3) is 0 Å². The van der Waals surface area contributed by atoms with Crippen LogP contribution in [-0.2, 0) is 27.1 Å². The quantitative estimate of drug-likeness (QED) is 0.766. The number of esters is 1. The fourth-order valence-electron chi connectivity index (χ4n) is 2.99. The van der Waals surface area contributed by atoms with Gasteiger partial charge >= 0.3 is 12.1 Å². The summed E-state index contributed by atoms with van der Waals surface area (Å²) in [6.45, 7) is 11.7. The van der Waals surface area contributed by atoms with Gasteiger partial charge in [-0.05, 0) is 77.6 Å². The molecule has 1 aromatic rings. The van der Waals surface area contributed by atoms with Gasteiger partial charge in [0.05, 0.1) is 18.1 Å². The molecule has 0 aromatic heterocycles. The Morgan fingerprint density at radius 1 is 1.11 bits per heavy atom. The van der Waals surface area contributed by atoms with Gasteiger partial charge < -0.3 is 19.5 Å². The number of hydrogen-bond acceptors (Lipinski definition) is 5. The summed E-state index contributed by atoms with van der Waals surface area (Å²) in [4.78, 5) is 23.9. The van der Waals surface area contributed by atoms with E-state index in [0.29, 0.717) is 26.1 Å². The number of hydrogen-bond donors (Lipinski definition) is 1. The third-order valence-electron chi connectivity index (χ3n) is 4.17. The fourth-order valence-corrected chi connectivity index (χ4v) is 2.99. The number of nitrogens with one attached hydrogen (secondary N) is 1. The summed E-state index contributed by atoms with van der Waals surface area (Å²) in [5.41, 5.74) is 1.14. The van der Waals surface area contributed by atoms with Crippen molar-refractivity contribution in [2.75, 3.05) is 13.2 Å². The van der Waals surface area contributed by atoms with Gasteiger partial charge in [-0.25, -0.2) is 4.79 Å². The van der Waals surface area contributed by atoms with Gasteiger partial charge in [0.15, 0.2) is 0 Å². The fraction of sp³-hybridized carbons (Fsp3) is 0.619. The molecule has 2 rings (SSSR count). The molecule has 0 fully saturated rings. The van der Waals surface area contributed by atoms with E-state index < -0.39 is 17.2 Å². The van der Waals surface area contributed by atoms with E-state index in [1.54, 1.807) is 0 Å². The number of rotatable bonds is 6. The minimum absolute atomic E-state index is 0.111. The Morgan fingerprint density at radius 3 is 2.41 bits per heavy atom. The van der Waals surface area contributed by atoms with Crippen molar-refractivity contribution in [3.8, 4) is 5.75 Å². The van der Waals surface area contributed by atoms with Crippen LogP contribution in [0, 0.1) is 5.92 Å². The third kappa shape index (κ3) is 6.45. The summed E-state index contributed by atoms with van der Waals surface area (Å²) in [7, 11) is 0. The second kappa shape index (κ2) is 8.19. The highest BCUT2D eigenvalue weighted by molar-refractivity contribution is 5.74. The first-order valence-electron chi connectivity index (χ1n) is 9.41. The monoisotopic (exact) mass is 377 g/mol. The van der Waals surface area contributed by atoms with E-state index in [1.165, 1.54) is 0 Å². The molecule has 1 aliphatic rings. The lowest BCUT2D eigenvalue weighted by Gasteiger charge is -2.28. The Balaban J connectivity index is 1.91. The molecule has 1 unspecified atom stereocenters. The predicted octanol–water partition coefficient (Wildman–Crippen LogP) is 3.65. The van der Waals surface area contributed by atoms with Gasteiger partial charge in [-0.2, -0.15) is 0 Å². The van der Waals surface area contributed by atoms with Gasteiger partial charge in [-0.1, -0.05) is 6.07 Å². The first kappa shape index (κ1) is 21.1. The normalized spacial score (nSPS) is 16.4. The van der Waals surface area contributed by atoms with Crippen molar-refractivity contribution in [1.29, 1.82) is 0 Å². The molecule has 150 valence electrons. The Labute approximate surface area is 161 Å². The highest BCUT2D eigenvalue weighted by atomic mass is 16.6. The zero-order chi connectivity index (χ0) is 20.2. The molecule has 0 saturated heterocycles. The van der Waals surface area contributed by atoms with Crippen LogP contribution in [0.5, 0.6) is 5.75 Å². The molecule has 0 aliphatic heterocycles. The van der Waals surface area contributed by atoms with Crippen LogP contribution in [0.4, 0.5) is 4.79 Å². The second-order valence-electron chi connectivity index (χ2n) is 8.59. The van der Waals surface area contributed by atoms with Gasteiger partial charge in [0, 0.05) is 0 Å². The summed E-state index contributed by atoms with van der Waals surface area (Å²) in [6.07, 6.45) is 0.910. The molecule has 6 heteroatoms. The molecule has 0 radical (unpaired) electrons. The second-order valence-corrected chi connectivity index (χ2v) is 8.59. The highest BCUT2D eigenvalue weighted by Gasteiger charge is 2.29. The van der Waals surface area contributed by atoms with Crippen molar-refractivity contribution in [3.63, 3.8) is 0 Å². The molecule has 0 saturated carbocycles. The van der Waals surface area contributed by atoms with Gasteiger partial charge in [0.1, 0.15) is 18.0 Å². The lowest BCUT2D eigenvalue weighted by Crippen LogP contribution is -2.49. The smallest absolute Gasteiger partial charge is 0.408 e. The molecule has 6 nitrogen and oxygen atoms in total. The number of carbonyl (C=O) groups excluding carboxylic acids is 2. The minimum Gasteiger partial charge on any atom is -0.491 e. The van der Waals surface area contributed by atoms with Crippen molar-refractivity contribution in [2.24, 2.45) is 5.92 Å². The maximum atomic E-state index is 12.0. The summed E-state index contributed by atoms with van der Waals surface area (Å²) < 4.78 is 16.3. The van der Waals surface area contributed by atoms with E-state index >= 15 is 0 Å². The van der Waals surface area contributed by atoms with Crippen LogP contribution in [0.25, 0.3) is 0 Å². The van der Waals surface area contributed by atoms with Crippen molar-refractivity contribution in [2.45, 2.75) is 65.5 Å². The molecule has 1 amide bonds. The first-order chi connectivity index (χ1) is 12.5. The average Bonchev–Trinajstić information content (AvgIpc) is 2.94.